The number of aliphatic hydroxyl groups excluding tert-OH is 3. The summed E-state index contributed by atoms with van der Waals surface area (Å²) in [5, 5.41) is 31.5. The maximum atomic E-state index is 12.5. The first-order valence-electron chi connectivity index (χ1n) is 13.3. The van der Waals surface area contributed by atoms with Gasteiger partial charge in [-0.1, -0.05) is 7.43 Å². The Labute approximate surface area is 275 Å². The van der Waals surface area contributed by atoms with Gasteiger partial charge in [0.15, 0.2) is 36.2 Å². The van der Waals surface area contributed by atoms with Crippen molar-refractivity contribution in [1.29, 1.82) is 0 Å². The van der Waals surface area contributed by atoms with E-state index in [1.165, 1.54) is 29.1 Å². The van der Waals surface area contributed by atoms with Crippen LogP contribution in [-0.4, -0.2) is 105 Å². The number of nitrogens with two attached hydrogens (primary N) is 2. The van der Waals surface area contributed by atoms with Gasteiger partial charge in [0.25, 0.3) is 20.0 Å². The Morgan fingerprint density at radius 3 is 2.37 bits per heavy atom. The van der Waals surface area contributed by atoms with E-state index in [4.69, 9.17) is 20.9 Å². The number of phosphoric ester groups is 3. The van der Waals surface area contributed by atoms with Crippen LogP contribution in [0.1, 0.15) is 30.2 Å². The zero-order valence-corrected chi connectivity index (χ0v) is 26.6. The molecule has 1 amide bonds. The second-order valence-corrected chi connectivity index (χ2v) is 14.4. The third-order valence-electron chi connectivity index (χ3n) is 6.97. The van der Waals surface area contributed by atoms with Crippen LogP contribution in [0.3, 0.4) is 0 Å². The van der Waals surface area contributed by atoms with Crippen molar-refractivity contribution < 1.29 is 85.3 Å². The Morgan fingerprint density at radius 1 is 1.02 bits per heavy atom. The van der Waals surface area contributed by atoms with Crippen LogP contribution in [0.15, 0.2) is 37.2 Å². The lowest BCUT2D eigenvalue weighted by Gasteiger charge is -2.26. The molecular weight excluding hydrogens is 727 g/mol. The summed E-state index contributed by atoms with van der Waals surface area (Å²) in [6.45, 7) is -2.12. The molecule has 3 aromatic heterocycles. The maximum absolute atomic E-state index is 12.5. The first kappa shape index (κ1) is 38.9. The molecule has 10 unspecified atom stereocenters. The van der Waals surface area contributed by atoms with Crippen molar-refractivity contribution in [3.63, 3.8) is 0 Å². The lowest BCUT2D eigenvalue weighted by molar-refractivity contribution is -0.765. The van der Waals surface area contributed by atoms with Crippen LogP contribution in [-0.2, 0) is 41.1 Å². The summed E-state index contributed by atoms with van der Waals surface area (Å²) in [6, 6.07) is 2.77. The number of anilines is 1. The topological polar surface area (TPSA) is 368 Å². The van der Waals surface area contributed by atoms with E-state index in [1.54, 1.807) is 0 Å². The molecule has 2 fully saturated rings. The quantitative estimate of drug-likeness (QED) is 0.0640. The van der Waals surface area contributed by atoms with Gasteiger partial charge in [0, 0.05) is 6.07 Å². The highest BCUT2D eigenvalue weighted by molar-refractivity contribution is 7.60. The summed E-state index contributed by atoms with van der Waals surface area (Å²) < 4.78 is 67.9. The number of ether oxygens (including phenoxy) is 2. The van der Waals surface area contributed by atoms with E-state index in [9.17, 15) is 53.4 Å². The van der Waals surface area contributed by atoms with E-state index in [0.717, 1.165) is 17.2 Å². The number of nitrogens with zero attached hydrogens (tertiary/aromatic N) is 5. The molecule has 3 aromatic rings. The molecule has 0 saturated carbocycles. The molecule has 49 heavy (non-hydrogen) atoms. The number of carbonyl (C=O) groups is 1. The van der Waals surface area contributed by atoms with Crippen LogP contribution in [0.5, 0.6) is 0 Å². The summed E-state index contributed by atoms with van der Waals surface area (Å²) >= 11 is 0. The fourth-order valence-corrected chi connectivity index (χ4v) is 7.42. The number of pyridine rings is 1. The monoisotopic (exact) mass is 759 g/mol. The molecule has 0 aromatic carbocycles. The number of rotatable bonds is 13. The fourth-order valence-electron chi connectivity index (χ4n) is 4.82. The van der Waals surface area contributed by atoms with E-state index < -0.39 is 91.7 Å². The van der Waals surface area contributed by atoms with Crippen LogP contribution in [0.4, 0.5) is 5.82 Å². The number of aliphatic hydroxyl groups is 3. The van der Waals surface area contributed by atoms with Crippen molar-refractivity contribution in [3.8, 4) is 0 Å². The number of hydrogen-bond acceptors (Lipinski definition) is 18. The van der Waals surface area contributed by atoms with Gasteiger partial charge < -0.3 is 60.4 Å². The van der Waals surface area contributed by atoms with Crippen LogP contribution in [0.2, 0.25) is 0 Å². The number of nitrogen functional groups attached to an aromatic ring is 1. The zero-order valence-electron chi connectivity index (χ0n) is 23.9. The number of carbonyl (C=O) groups excluding carboxylic acids is 1. The van der Waals surface area contributed by atoms with Gasteiger partial charge in [-0.2, -0.15) is 4.57 Å². The summed E-state index contributed by atoms with van der Waals surface area (Å²) in [5.74, 6) is -0.862. The molecule has 10 atom stereocenters. The molecule has 0 spiro atoms. The Hall–Kier alpha value is -2.86. The summed E-state index contributed by atoms with van der Waals surface area (Å²) in [7, 11) is -16.6. The third-order valence-corrected chi connectivity index (χ3v) is 10.1. The van der Waals surface area contributed by atoms with E-state index in [0.29, 0.717) is 0 Å². The fraction of sp³-hybridized carbons (Fsp3) is 0.500. The lowest BCUT2D eigenvalue weighted by Crippen LogP contribution is -2.46. The molecule has 5 rings (SSSR count). The Kier molecular flexibility index (Phi) is 11.7. The number of imidazole rings is 1. The minimum absolute atomic E-state index is 0. The van der Waals surface area contributed by atoms with E-state index in [-0.39, 0.29) is 30.0 Å². The Bertz CT molecular complexity index is 1810. The molecule has 0 aliphatic carbocycles. The van der Waals surface area contributed by atoms with E-state index in [2.05, 4.69) is 32.8 Å². The number of aromatic nitrogens is 5. The van der Waals surface area contributed by atoms with E-state index in [1.807, 2.05) is 0 Å². The van der Waals surface area contributed by atoms with Gasteiger partial charge in [-0.3, -0.25) is 23.0 Å². The molecule has 2 saturated heterocycles. The van der Waals surface area contributed by atoms with Crippen LogP contribution < -0.4 is 20.9 Å². The SMILES string of the molecule is C.NC(=O)c1ccc[n+](C2OC(COP(=O)([O-])OP(=O)(O)OCC3OC(n4cnc5c(N)ncnc54)C(OP(=O)(O)O)C3O)C(O)C2O)c1. The molecule has 2 aliphatic heterocycles. The summed E-state index contributed by atoms with van der Waals surface area (Å²) in [6.07, 6.45) is -8.59. The number of fused-ring (bicyclic) bond motifs is 1. The number of hydrogen-bond donors (Lipinski definition) is 8. The molecule has 10 N–H and O–H groups in total. The number of phosphoric acid groups is 3. The average Bonchev–Trinajstić information content (AvgIpc) is 3.64. The molecule has 0 bridgehead atoms. The second-order valence-electron chi connectivity index (χ2n) is 10.2. The zero-order chi connectivity index (χ0) is 35.2. The van der Waals surface area contributed by atoms with Gasteiger partial charge in [-0.15, -0.1) is 0 Å². The smallest absolute Gasteiger partial charge is 0.478 e. The standard InChI is InChI=1S/C21H28N7O17P3.CH4/c22-17-12-19(25-7-24-17)28(8-26-12)21-16(44-46(33,34)35)14(30)11(43-21)6-41-48(38,39)45-47(36,37)40-5-10-13(29)15(31)20(42-10)27-3-1-2-9(4-27)18(23)32;/h1-4,7-8,10-11,13-16,20-21,29-31H,5-6H2,(H7-,22,23,24,25,32,33,34,35,36,37,38,39);1H4. The van der Waals surface area contributed by atoms with Crippen molar-refractivity contribution in [2.75, 3.05) is 18.9 Å². The minimum Gasteiger partial charge on any atom is -0.756 e. The first-order chi connectivity index (χ1) is 22.4. The van der Waals surface area contributed by atoms with Crippen LogP contribution in [0, 0.1) is 0 Å². The van der Waals surface area contributed by atoms with Gasteiger partial charge in [0.2, 0.25) is 0 Å². The third kappa shape index (κ3) is 8.90. The molecule has 0 radical (unpaired) electrons. The van der Waals surface area contributed by atoms with Crippen molar-refractivity contribution in [3.05, 3.63) is 42.7 Å². The highest BCUT2D eigenvalue weighted by Gasteiger charge is 2.51. The normalized spacial score (nSPS) is 29.7. The largest absolute Gasteiger partial charge is 0.756 e. The van der Waals surface area contributed by atoms with Crippen LogP contribution in [0.25, 0.3) is 11.2 Å². The maximum Gasteiger partial charge on any atom is 0.478 e. The molecule has 27 heteroatoms. The van der Waals surface area contributed by atoms with Gasteiger partial charge in [-0.25, -0.2) is 28.4 Å². The van der Waals surface area contributed by atoms with E-state index >= 15 is 0 Å². The van der Waals surface area contributed by atoms with Gasteiger partial charge in [0.1, 0.15) is 47.9 Å². The highest BCUT2D eigenvalue weighted by Crippen LogP contribution is 2.58. The summed E-state index contributed by atoms with van der Waals surface area (Å²) in [4.78, 5) is 64.4. The first-order valence-corrected chi connectivity index (χ1v) is 17.8. The molecule has 2 aliphatic rings. The van der Waals surface area contributed by atoms with Crippen molar-refractivity contribution in [2.45, 2.75) is 56.5 Å². The van der Waals surface area contributed by atoms with Gasteiger partial charge >= 0.3 is 15.6 Å². The number of primary amides is 1. The van der Waals surface area contributed by atoms with Gasteiger partial charge in [-0.05, 0) is 6.07 Å². The second kappa shape index (κ2) is 14.8. The highest BCUT2D eigenvalue weighted by atomic mass is 31.3. The molecule has 272 valence electrons. The Morgan fingerprint density at radius 2 is 1.69 bits per heavy atom. The van der Waals surface area contributed by atoms with Crippen molar-refractivity contribution in [2.24, 2.45) is 5.73 Å². The van der Waals surface area contributed by atoms with Crippen molar-refractivity contribution in [1.82, 2.24) is 19.5 Å². The molecular formula is C22H32N7O17P3. The number of amides is 1. The summed E-state index contributed by atoms with van der Waals surface area (Å²) in [5.41, 5.74) is 11.1. The minimum atomic E-state index is -5.72. The lowest BCUT2D eigenvalue weighted by atomic mass is 10.1. The predicted molar refractivity (Wildman–Crippen MR) is 155 cm³/mol. The Balaban J connectivity index is 0.00000541. The molecule has 5 heterocycles. The van der Waals surface area contributed by atoms with Gasteiger partial charge in [0.05, 0.1) is 19.5 Å². The van der Waals surface area contributed by atoms with Crippen LogP contribution >= 0.6 is 23.5 Å². The average molecular weight is 759 g/mol. The van der Waals surface area contributed by atoms with Crippen molar-refractivity contribution >= 4 is 46.4 Å². The molecule has 24 nitrogen and oxygen atoms in total. The predicted octanol–water partition coefficient (Wildman–Crippen LogP) is -2.89.